The molecule has 1 nitrogen and oxygen atoms in total. The Kier molecular flexibility index (Phi) is 3.88. The number of halogens is 1. The zero-order chi connectivity index (χ0) is 8.10. The van der Waals surface area contributed by atoms with Gasteiger partial charge in [-0.25, -0.2) is 0 Å². The van der Waals surface area contributed by atoms with Crippen LogP contribution in [0.25, 0.3) is 0 Å². The molecule has 0 saturated carbocycles. The van der Waals surface area contributed by atoms with Crippen molar-refractivity contribution in [2.24, 2.45) is 0 Å². The molecule has 0 radical (unpaired) electrons. The molecule has 0 spiro atoms. The van der Waals surface area contributed by atoms with Gasteiger partial charge in [0.1, 0.15) is 5.75 Å². The Morgan fingerprint density at radius 2 is 2.27 bits per heavy atom. The van der Waals surface area contributed by atoms with Gasteiger partial charge in [0, 0.05) is 5.33 Å². The van der Waals surface area contributed by atoms with Gasteiger partial charge in [-0.2, -0.15) is 0 Å². The molecule has 0 aliphatic rings. The van der Waals surface area contributed by atoms with Gasteiger partial charge in [0.2, 0.25) is 0 Å². The summed E-state index contributed by atoms with van der Waals surface area (Å²) in [6.45, 7) is 0.716. The van der Waals surface area contributed by atoms with Crippen LogP contribution in [0.4, 0.5) is 0 Å². The topological polar surface area (TPSA) is 9.23 Å². The molecule has 0 aliphatic heterocycles. The van der Waals surface area contributed by atoms with Crippen LogP contribution < -0.4 is 10.0 Å². The second-order valence-electron chi connectivity index (χ2n) is 2.11. The number of rotatable bonds is 3. The summed E-state index contributed by atoms with van der Waals surface area (Å²) in [6.07, 6.45) is 0. The smallest absolute Gasteiger partial charge is 0.119 e. The van der Waals surface area contributed by atoms with E-state index in [2.05, 4.69) is 25.2 Å². The first-order valence-electron chi connectivity index (χ1n) is 3.37. The molecule has 11 heavy (non-hydrogen) atoms. The predicted octanol–water partition coefficient (Wildman–Crippen LogP) is 1.96. The highest BCUT2D eigenvalue weighted by atomic mass is 79.9. The third-order valence-electron chi connectivity index (χ3n) is 1.20. The van der Waals surface area contributed by atoms with Crippen LogP contribution in [0.1, 0.15) is 0 Å². The summed E-state index contributed by atoms with van der Waals surface area (Å²) in [7, 11) is 2.64. The van der Waals surface area contributed by atoms with Crippen molar-refractivity contribution < 1.29 is 4.74 Å². The minimum Gasteiger partial charge on any atom is -0.493 e. The molecule has 1 unspecified atom stereocenters. The van der Waals surface area contributed by atoms with Gasteiger partial charge >= 0.3 is 0 Å². The van der Waals surface area contributed by atoms with E-state index in [9.17, 15) is 0 Å². The zero-order valence-corrected chi connectivity index (χ0v) is 8.83. The van der Waals surface area contributed by atoms with E-state index in [4.69, 9.17) is 4.74 Å². The van der Waals surface area contributed by atoms with E-state index in [1.165, 1.54) is 0 Å². The van der Waals surface area contributed by atoms with Crippen molar-refractivity contribution in [1.82, 2.24) is 0 Å². The first-order chi connectivity index (χ1) is 5.33. The van der Waals surface area contributed by atoms with Gasteiger partial charge in [0.25, 0.3) is 0 Å². The fourth-order valence-corrected chi connectivity index (χ4v) is 1.20. The molecule has 60 valence electrons. The van der Waals surface area contributed by atoms with Crippen molar-refractivity contribution in [2.45, 2.75) is 0 Å². The molecule has 0 aliphatic carbocycles. The van der Waals surface area contributed by atoms with E-state index in [0.29, 0.717) is 6.61 Å². The lowest BCUT2D eigenvalue weighted by Gasteiger charge is -2.03. The number of alkyl halides is 1. The van der Waals surface area contributed by atoms with Crippen molar-refractivity contribution in [1.29, 1.82) is 0 Å². The van der Waals surface area contributed by atoms with Gasteiger partial charge in [-0.05, 0) is 17.4 Å². The molecule has 0 fully saturated rings. The molecule has 0 saturated heterocycles. The summed E-state index contributed by atoms with van der Waals surface area (Å²) in [6, 6.07) is 7.95. The number of ether oxygens (including phenoxy) is 1. The number of benzene rings is 1. The molecule has 1 aromatic rings. The fourth-order valence-electron chi connectivity index (χ4n) is 0.761. The summed E-state index contributed by atoms with van der Waals surface area (Å²) < 4.78 is 5.38. The maximum Gasteiger partial charge on any atom is 0.119 e. The lowest BCUT2D eigenvalue weighted by molar-refractivity contribution is 0.345. The van der Waals surface area contributed by atoms with Crippen molar-refractivity contribution in [3.05, 3.63) is 24.3 Å². The van der Waals surface area contributed by atoms with E-state index in [1.807, 2.05) is 24.3 Å². The normalized spacial score (nSPS) is 9.64. The van der Waals surface area contributed by atoms with E-state index < -0.39 is 0 Å². The molecule has 0 amide bonds. The first-order valence-corrected chi connectivity index (χ1v) is 5.07. The summed E-state index contributed by atoms with van der Waals surface area (Å²) in [5, 5.41) is 2.02. The lowest BCUT2D eigenvalue weighted by atomic mass is 10.3. The number of hydrogen-bond donors (Lipinski definition) is 0. The van der Waals surface area contributed by atoms with Crippen LogP contribution in [0.5, 0.6) is 5.75 Å². The highest BCUT2D eigenvalue weighted by Gasteiger charge is 1.91. The Bertz CT molecular complexity index is 227. The quantitative estimate of drug-likeness (QED) is 0.572. The SMILES string of the molecule is Pc1cccc(OCCBr)c1. The van der Waals surface area contributed by atoms with E-state index in [0.717, 1.165) is 16.4 Å². The van der Waals surface area contributed by atoms with Crippen LogP contribution >= 0.6 is 25.2 Å². The number of hydrogen-bond acceptors (Lipinski definition) is 1. The average Bonchev–Trinajstić information content (AvgIpc) is 2.01. The standard InChI is InChI=1S/C8H10BrOP/c9-4-5-10-7-2-1-3-8(11)6-7/h1-3,6H,4-5,11H2. The van der Waals surface area contributed by atoms with Gasteiger partial charge in [-0.1, -0.05) is 28.1 Å². The molecular formula is C8H10BrOP. The molecule has 0 N–H and O–H groups in total. The summed E-state index contributed by atoms with van der Waals surface area (Å²) in [4.78, 5) is 0. The van der Waals surface area contributed by atoms with Crippen LogP contribution in [0.2, 0.25) is 0 Å². The molecule has 3 heteroatoms. The third kappa shape index (κ3) is 3.22. The first kappa shape index (κ1) is 9.02. The Labute approximate surface area is 77.5 Å². The van der Waals surface area contributed by atoms with Crippen molar-refractivity contribution in [3.63, 3.8) is 0 Å². The van der Waals surface area contributed by atoms with E-state index in [1.54, 1.807) is 0 Å². The minimum atomic E-state index is 0.716. The van der Waals surface area contributed by atoms with Gasteiger partial charge < -0.3 is 4.74 Å². The van der Waals surface area contributed by atoms with Gasteiger partial charge in [-0.15, -0.1) is 9.24 Å². The maximum absolute atomic E-state index is 5.38. The molecule has 0 heterocycles. The van der Waals surface area contributed by atoms with Crippen LogP contribution in [0.15, 0.2) is 24.3 Å². The zero-order valence-electron chi connectivity index (χ0n) is 6.09. The maximum atomic E-state index is 5.38. The van der Waals surface area contributed by atoms with Crippen LogP contribution in [-0.2, 0) is 0 Å². The van der Waals surface area contributed by atoms with Crippen molar-refractivity contribution >= 4 is 30.5 Å². The Balaban J connectivity index is 2.56. The molecule has 1 rings (SSSR count). The third-order valence-corrected chi connectivity index (χ3v) is 1.89. The van der Waals surface area contributed by atoms with E-state index >= 15 is 0 Å². The predicted molar refractivity (Wildman–Crippen MR) is 55.1 cm³/mol. The van der Waals surface area contributed by atoms with Crippen LogP contribution in [0, 0.1) is 0 Å². The summed E-state index contributed by atoms with van der Waals surface area (Å²) in [5.74, 6) is 0.928. The molecule has 0 bridgehead atoms. The van der Waals surface area contributed by atoms with Gasteiger partial charge in [-0.3, -0.25) is 0 Å². The van der Waals surface area contributed by atoms with Gasteiger partial charge in [0.15, 0.2) is 0 Å². The van der Waals surface area contributed by atoms with Gasteiger partial charge in [0.05, 0.1) is 6.61 Å². The van der Waals surface area contributed by atoms with Crippen LogP contribution in [0.3, 0.4) is 0 Å². The average molecular weight is 233 g/mol. The fraction of sp³-hybridized carbons (Fsp3) is 0.250. The van der Waals surface area contributed by atoms with Crippen molar-refractivity contribution in [3.8, 4) is 5.75 Å². The minimum absolute atomic E-state index is 0.716. The lowest BCUT2D eigenvalue weighted by Crippen LogP contribution is -1.99. The second kappa shape index (κ2) is 4.74. The van der Waals surface area contributed by atoms with Crippen molar-refractivity contribution in [2.75, 3.05) is 11.9 Å². The second-order valence-corrected chi connectivity index (χ2v) is 3.57. The van der Waals surface area contributed by atoms with Crippen LogP contribution in [-0.4, -0.2) is 11.9 Å². The van der Waals surface area contributed by atoms with E-state index in [-0.39, 0.29) is 0 Å². The summed E-state index contributed by atoms with van der Waals surface area (Å²) in [5.41, 5.74) is 0. The Morgan fingerprint density at radius 1 is 1.45 bits per heavy atom. The highest BCUT2D eigenvalue weighted by Crippen LogP contribution is 2.08. The molecule has 0 aromatic heterocycles. The highest BCUT2D eigenvalue weighted by molar-refractivity contribution is 9.09. The Morgan fingerprint density at radius 3 is 2.91 bits per heavy atom. The summed E-state index contributed by atoms with van der Waals surface area (Å²) >= 11 is 3.30. The Hall–Kier alpha value is -0.0700. The molecule has 1 aromatic carbocycles. The molecule has 1 atom stereocenters. The largest absolute Gasteiger partial charge is 0.493 e. The monoisotopic (exact) mass is 232 g/mol. The molecular weight excluding hydrogens is 223 g/mol.